The Labute approximate surface area is 145 Å². The molecule has 1 N–H and O–H groups in total. The van der Waals surface area contributed by atoms with Crippen LogP contribution in [0.4, 0.5) is 5.69 Å². The van der Waals surface area contributed by atoms with Crippen molar-refractivity contribution < 1.29 is 24.2 Å². The van der Waals surface area contributed by atoms with Crippen molar-refractivity contribution >= 4 is 17.6 Å². The summed E-state index contributed by atoms with van der Waals surface area (Å²) in [7, 11) is 0. The fourth-order valence-corrected chi connectivity index (χ4v) is 2.70. The van der Waals surface area contributed by atoms with E-state index in [1.165, 1.54) is 12.1 Å². The number of carbonyl (C=O) groups is 2. The molecule has 130 valence electrons. The summed E-state index contributed by atoms with van der Waals surface area (Å²) in [6, 6.07) is 14.0. The van der Waals surface area contributed by atoms with Gasteiger partial charge in [0.2, 0.25) is 0 Å². The summed E-state index contributed by atoms with van der Waals surface area (Å²) < 4.78 is 11.2. The first-order chi connectivity index (χ1) is 12.1. The molecule has 6 heteroatoms. The molecule has 2 aromatic rings. The largest absolute Gasteiger partial charge is 0.494 e. The predicted octanol–water partition coefficient (Wildman–Crippen LogP) is 2.97. The van der Waals surface area contributed by atoms with Crippen LogP contribution in [0, 0.1) is 0 Å². The van der Waals surface area contributed by atoms with E-state index >= 15 is 0 Å². The van der Waals surface area contributed by atoms with Crippen LogP contribution in [0.5, 0.6) is 11.5 Å². The Balaban J connectivity index is 1.68. The Kier molecular flexibility index (Phi) is 4.88. The SMILES string of the molecule is CC1Oc2cc(C(=O)O)ccc2N(CCCOc2ccccc2)C1=O. The Hall–Kier alpha value is -3.02. The van der Waals surface area contributed by atoms with Crippen LogP contribution >= 0.6 is 0 Å². The first-order valence-corrected chi connectivity index (χ1v) is 8.09. The van der Waals surface area contributed by atoms with Crippen LogP contribution in [-0.2, 0) is 4.79 Å². The molecule has 0 aliphatic carbocycles. The van der Waals surface area contributed by atoms with Gasteiger partial charge in [0, 0.05) is 6.54 Å². The van der Waals surface area contributed by atoms with Gasteiger partial charge in [-0.25, -0.2) is 4.79 Å². The van der Waals surface area contributed by atoms with Gasteiger partial charge >= 0.3 is 5.97 Å². The molecule has 1 heterocycles. The lowest BCUT2D eigenvalue weighted by atomic mass is 10.1. The Morgan fingerprint density at radius 1 is 1.24 bits per heavy atom. The number of carboxylic acids is 1. The van der Waals surface area contributed by atoms with E-state index in [9.17, 15) is 9.59 Å². The van der Waals surface area contributed by atoms with Crippen LogP contribution < -0.4 is 14.4 Å². The number of anilines is 1. The van der Waals surface area contributed by atoms with Crippen molar-refractivity contribution in [1.82, 2.24) is 0 Å². The zero-order valence-corrected chi connectivity index (χ0v) is 13.8. The number of ether oxygens (including phenoxy) is 2. The van der Waals surface area contributed by atoms with Gasteiger partial charge in [0.1, 0.15) is 11.5 Å². The maximum atomic E-state index is 12.4. The highest BCUT2D eigenvalue weighted by Gasteiger charge is 2.31. The minimum absolute atomic E-state index is 0.132. The number of benzene rings is 2. The number of nitrogens with zero attached hydrogens (tertiary/aromatic N) is 1. The molecule has 0 spiro atoms. The van der Waals surface area contributed by atoms with E-state index in [0.717, 1.165) is 5.75 Å². The van der Waals surface area contributed by atoms with Crippen LogP contribution in [0.2, 0.25) is 0 Å². The van der Waals surface area contributed by atoms with Gasteiger partial charge in [-0.05, 0) is 43.7 Å². The van der Waals surface area contributed by atoms with E-state index in [1.54, 1.807) is 17.9 Å². The molecule has 1 aliphatic rings. The minimum atomic E-state index is -1.03. The first kappa shape index (κ1) is 16.8. The van der Waals surface area contributed by atoms with Crippen LogP contribution in [0.15, 0.2) is 48.5 Å². The Morgan fingerprint density at radius 2 is 2.00 bits per heavy atom. The average molecular weight is 341 g/mol. The molecular formula is C19H19NO5. The summed E-state index contributed by atoms with van der Waals surface area (Å²) in [5.41, 5.74) is 0.723. The first-order valence-electron chi connectivity index (χ1n) is 8.09. The van der Waals surface area contributed by atoms with Gasteiger partial charge in [-0.2, -0.15) is 0 Å². The third-order valence-corrected chi connectivity index (χ3v) is 3.95. The number of rotatable bonds is 6. The van der Waals surface area contributed by atoms with E-state index in [1.807, 2.05) is 30.3 Å². The topological polar surface area (TPSA) is 76.1 Å². The van der Waals surface area contributed by atoms with Crippen molar-refractivity contribution in [3.8, 4) is 11.5 Å². The van der Waals surface area contributed by atoms with Crippen molar-refractivity contribution in [3.63, 3.8) is 0 Å². The zero-order chi connectivity index (χ0) is 17.8. The molecule has 0 radical (unpaired) electrons. The number of carbonyl (C=O) groups excluding carboxylic acids is 1. The standard InChI is InChI=1S/C19H19NO5/c1-13-18(21)20(10-5-11-24-15-6-3-2-4-7-15)16-9-8-14(19(22)23)12-17(16)25-13/h2-4,6-9,12-13H,5,10-11H2,1H3,(H,22,23). The van der Waals surface area contributed by atoms with E-state index in [4.69, 9.17) is 14.6 Å². The molecule has 1 aliphatic heterocycles. The molecule has 1 atom stereocenters. The minimum Gasteiger partial charge on any atom is -0.494 e. The van der Waals surface area contributed by atoms with E-state index in [-0.39, 0.29) is 11.5 Å². The monoisotopic (exact) mass is 341 g/mol. The fourth-order valence-electron chi connectivity index (χ4n) is 2.70. The Morgan fingerprint density at radius 3 is 2.72 bits per heavy atom. The summed E-state index contributed by atoms with van der Waals surface area (Å²) in [5.74, 6) is 0.0284. The fraction of sp³-hybridized carbons (Fsp3) is 0.263. The lowest BCUT2D eigenvalue weighted by Gasteiger charge is -2.33. The second-order valence-corrected chi connectivity index (χ2v) is 5.75. The van der Waals surface area contributed by atoms with Gasteiger partial charge in [-0.1, -0.05) is 18.2 Å². The molecule has 1 amide bonds. The highest BCUT2D eigenvalue weighted by molar-refractivity contribution is 6.00. The summed E-state index contributed by atoms with van der Waals surface area (Å²) >= 11 is 0. The van der Waals surface area contributed by atoms with Crippen LogP contribution in [0.3, 0.4) is 0 Å². The van der Waals surface area contributed by atoms with E-state index in [2.05, 4.69) is 0 Å². The number of hydrogen-bond acceptors (Lipinski definition) is 4. The van der Waals surface area contributed by atoms with Gasteiger partial charge in [-0.3, -0.25) is 4.79 Å². The van der Waals surface area contributed by atoms with Gasteiger partial charge in [-0.15, -0.1) is 0 Å². The molecule has 25 heavy (non-hydrogen) atoms. The summed E-state index contributed by atoms with van der Waals surface area (Å²) in [6.45, 7) is 2.61. The number of para-hydroxylation sites is 1. The average Bonchev–Trinajstić information content (AvgIpc) is 2.62. The van der Waals surface area contributed by atoms with Crippen LogP contribution in [-0.4, -0.2) is 36.2 Å². The number of carboxylic acid groups (broad SMARTS) is 1. The summed E-state index contributed by atoms with van der Waals surface area (Å²) in [4.78, 5) is 25.2. The number of amides is 1. The summed E-state index contributed by atoms with van der Waals surface area (Å²) in [6.07, 6.45) is -0.000373. The Bertz CT molecular complexity index is 775. The second-order valence-electron chi connectivity index (χ2n) is 5.75. The molecule has 1 unspecified atom stereocenters. The maximum absolute atomic E-state index is 12.4. The maximum Gasteiger partial charge on any atom is 0.335 e. The van der Waals surface area contributed by atoms with Crippen molar-refractivity contribution in [1.29, 1.82) is 0 Å². The van der Waals surface area contributed by atoms with Gasteiger partial charge in [0.05, 0.1) is 17.9 Å². The van der Waals surface area contributed by atoms with Gasteiger partial charge < -0.3 is 19.5 Å². The quantitative estimate of drug-likeness (QED) is 0.818. The molecule has 0 fully saturated rings. The van der Waals surface area contributed by atoms with Gasteiger partial charge in [0.25, 0.3) is 5.91 Å². The smallest absolute Gasteiger partial charge is 0.335 e. The lowest BCUT2D eigenvalue weighted by Crippen LogP contribution is -2.45. The normalized spacial score (nSPS) is 16.1. The predicted molar refractivity (Wildman–Crippen MR) is 92.4 cm³/mol. The highest BCUT2D eigenvalue weighted by atomic mass is 16.5. The molecule has 3 rings (SSSR count). The molecule has 2 aromatic carbocycles. The highest BCUT2D eigenvalue weighted by Crippen LogP contribution is 2.35. The van der Waals surface area contributed by atoms with Crippen LogP contribution in [0.25, 0.3) is 0 Å². The van der Waals surface area contributed by atoms with Crippen molar-refractivity contribution in [3.05, 3.63) is 54.1 Å². The number of fused-ring (bicyclic) bond motifs is 1. The zero-order valence-electron chi connectivity index (χ0n) is 13.8. The van der Waals surface area contributed by atoms with Crippen molar-refractivity contribution in [2.45, 2.75) is 19.4 Å². The van der Waals surface area contributed by atoms with Crippen LogP contribution in [0.1, 0.15) is 23.7 Å². The molecular weight excluding hydrogens is 322 g/mol. The number of aromatic carboxylic acids is 1. The van der Waals surface area contributed by atoms with E-state index in [0.29, 0.717) is 31.0 Å². The molecule has 0 bridgehead atoms. The third-order valence-electron chi connectivity index (χ3n) is 3.95. The van der Waals surface area contributed by atoms with E-state index < -0.39 is 12.1 Å². The van der Waals surface area contributed by atoms with Crippen molar-refractivity contribution in [2.24, 2.45) is 0 Å². The summed E-state index contributed by atoms with van der Waals surface area (Å²) in [5, 5.41) is 9.10. The molecule has 0 saturated heterocycles. The number of hydrogen-bond donors (Lipinski definition) is 1. The molecule has 0 aromatic heterocycles. The molecule has 6 nitrogen and oxygen atoms in total. The molecule has 0 saturated carbocycles. The lowest BCUT2D eigenvalue weighted by molar-refractivity contribution is -0.125. The van der Waals surface area contributed by atoms with Crippen molar-refractivity contribution in [2.75, 3.05) is 18.1 Å². The third kappa shape index (κ3) is 3.74. The second kappa shape index (κ2) is 7.25. The van der Waals surface area contributed by atoms with Gasteiger partial charge in [0.15, 0.2) is 6.10 Å².